The van der Waals surface area contributed by atoms with Crippen molar-refractivity contribution in [1.29, 1.82) is 0 Å². The molecule has 0 spiro atoms. The van der Waals surface area contributed by atoms with Crippen molar-refractivity contribution in [2.24, 2.45) is 0 Å². The van der Waals surface area contributed by atoms with Gasteiger partial charge in [0, 0.05) is 16.2 Å². The fourth-order valence-electron chi connectivity index (χ4n) is 1.29. The van der Waals surface area contributed by atoms with Gasteiger partial charge in [-0.2, -0.15) is 0 Å². The van der Waals surface area contributed by atoms with Gasteiger partial charge in [-0.3, -0.25) is 0 Å². The average Bonchev–Trinajstić information content (AvgIpc) is 2.67. The van der Waals surface area contributed by atoms with Gasteiger partial charge in [0.1, 0.15) is 5.82 Å². The molecule has 0 atom stereocenters. The van der Waals surface area contributed by atoms with Crippen LogP contribution >= 0.6 is 31.9 Å². The van der Waals surface area contributed by atoms with E-state index in [1.807, 2.05) is 6.20 Å². The van der Waals surface area contributed by atoms with Gasteiger partial charge in [0.15, 0.2) is 0 Å². The summed E-state index contributed by atoms with van der Waals surface area (Å²) in [6.07, 6.45) is 2.65. The van der Waals surface area contributed by atoms with E-state index in [0.29, 0.717) is 4.47 Å². The van der Waals surface area contributed by atoms with Crippen LogP contribution in [-0.4, -0.2) is 20.3 Å². The molecule has 1 aromatic heterocycles. The minimum Gasteiger partial charge on any atom is -0.219 e. The van der Waals surface area contributed by atoms with Crippen LogP contribution in [0.3, 0.4) is 0 Å². The molecule has 0 unspecified atom stereocenters. The molecule has 84 valence electrons. The Morgan fingerprint density at radius 2 is 2.19 bits per heavy atom. The van der Waals surface area contributed by atoms with E-state index < -0.39 is 0 Å². The number of hydrogen-bond acceptors (Lipinski definition) is 2. The maximum atomic E-state index is 12.9. The monoisotopic (exact) mass is 347 g/mol. The number of rotatable bonds is 3. The fourth-order valence-corrected chi connectivity index (χ4v) is 2.23. The van der Waals surface area contributed by atoms with Gasteiger partial charge >= 0.3 is 0 Å². The van der Waals surface area contributed by atoms with Gasteiger partial charge in [0.05, 0.1) is 17.6 Å². The number of halogens is 3. The highest BCUT2D eigenvalue weighted by Gasteiger charge is 2.06. The number of alkyl halides is 1. The number of aryl methyl sites for hydroxylation is 1. The maximum Gasteiger partial charge on any atom is 0.124 e. The molecule has 0 radical (unpaired) electrons. The van der Waals surface area contributed by atoms with Crippen LogP contribution < -0.4 is 0 Å². The van der Waals surface area contributed by atoms with E-state index in [1.54, 1.807) is 10.7 Å². The third-order valence-corrected chi connectivity index (χ3v) is 3.08. The van der Waals surface area contributed by atoms with Gasteiger partial charge in [-0.25, -0.2) is 9.07 Å². The predicted molar refractivity (Wildman–Crippen MR) is 66.5 cm³/mol. The van der Waals surface area contributed by atoms with Crippen LogP contribution in [0.4, 0.5) is 4.39 Å². The molecule has 2 rings (SSSR count). The lowest BCUT2D eigenvalue weighted by atomic mass is 10.3. The van der Waals surface area contributed by atoms with E-state index >= 15 is 0 Å². The predicted octanol–water partition coefficient (Wildman–Crippen LogP) is 3.11. The zero-order valence-electron chi connectivity index (χ0n) is 8.20. The lowest BCUT2D eigenvalue weighted by Gasteiger charge is -2.02. The standard InChI is InChI=1S/C10H8Br2FN3/c11-4-3-8-6-16(15-14-8)10-2-1-7(13)5-9(10)12/h1-2,5-6H,3-4H2. The Labute approximate surface area is 109 Å². The third-order valence-electron chi connectivity index (χ3n) is 2.05. The summed E-state index contributed by atoms with van der Waals surface area (Å²) in [4.78, 5) is 0. The summed E-state index contributed by atoms with van der Waals surface area (Å²) in [5.41, 5.74) is 1.67. The van der Waals surface area contributed by atoms with Crippen LogP contribution in [0.1, 0.15) is 5.69 Å². The van der Waals surface area contributed by atoms with Crippen LogP contribution in [0.25, 0.3) is 5.69 Å². The lowest BCUT2D eigenvalue weighted by molar-refractivity contribution is 0.625. The summed E-state index contributed by atoms with van der Waals surface area (Å²) in [6.45, 7) is 0. The highest BCUT2D eigenvalue weighted by molar-refractivity contribution is 9.10. The Morgan fingerprint density at radius 3 is 2.88 bits per heavy atom. The van der Waals surface area contributed by atoms with Crippen molar-refractivity contribution in [2.45, 2.75) is 6.42 Å². The Morgan fingerprint density at radius 1 is 1.38 bits per heavy atom. The van der Waals surface area contributed by atoms with E-state index in [1.165, 1.54) is 12.1 Å². The summed E-state index contributed by atoms with van der Waals surface area (Å²) >= 11 is 6.63. The summed E-state index contributed by atoms with van der Waals surface area (Å²) in [5, 5.41) is 8.85. The van der Waals surface area contributed by atoms with E-state index in [0.717, 1.165) is 23.1 Å². The summed E-state index contributed by atoms with van der Waals surface area (Å²) < 4.78 is 15.2. The van der Waals surface area contributed by atoms with Gasteiger partial charge in [-0.1, -0.05) is 21.1 Å². The van der Waals surface area contributed by atoms with E-state index in [4.69, 9.17) is 0 Å². The molecule has 1 heterocycles. The van der Waals surface area contributed by atoms with Crippen molar-refractivity contribution in [1.82, 2.24) is 15.0 Å². The summed E-state index contributed by atoms with van der Waals surface area (Å²) in [7, 11) is 0. The fraction of sp³-hybridized carbons (Fsp3) is 0.200. The first-order chi connectivity index (χ1) is 7.70. The smallest absolute Gasteiger partial charge is 0.124 e. The molecule has 16 heavy (non-hydrogen) atoms. The van der Waals surface area contributed by atoms with Crippen LogP contribution in [0, 0.1) is 5.82 Å². The van der Waals surface area contributed by atoms with Crippen molar-refractivity contribution in [3.8, 4) is 5.69 Å². The van der Waals surface area contributed by atoms with Crippen LogP contribution in [-0.2, 0) is 6.42 Å². The van der Waals surface area contributed by atoms with Gasteiger partial charge in [-0.05, 0) is 34.1 Å². The van der Waals surface area contributed by atoms with Gasteiger partial charge < -0.3 is 0 Å². The molecule has 0 bridgehead atoms. The zero-order chi connectivity index (χ0) is 11.5. The first-order valence-electron chi connectivity index (χ1n) is 4.63. The maximum absolute atomic E-state index is 12.9. The number of benzene rings is 1. The van der Waals surface area contributed by atoms with Crippen molar-refractivity contribution in [3.63, 3.8) is 0 Å². The van der Waals surface area contributed by atoms with Crippen LogP contribution in [0.2, 0.25) is 0 Å². The second-order valence-corrected chi connectivity index (χ2v) is 4.84. The first-order valence-corrected chi connectivity index (χ1v) is 6.55. The van der Waals surface area contributed by atoms with Gasteiger partial charge in [0.25, 0.3) is 0 Å². The second-order valence-electron chi connectivity index (χ2n) is 3.19. The molecule has 0 fully saturated rings. The van der Waals surface area contributed by atoms with Crippen molar-refractivity contribution in [3.05, 3.63) is 40.4 Å². The van der Waals surface area contributed by atoms with Crippen LogP contribution in [0.5, 0.6) is 0 Å². The SMILES string of the molecule is Fc1ccc(-n2cc(CCBr)nn2)c(Br)c1. The number of nitrogens with zero attached hydrogens (tertiary/aromatic N) is 3. The Kier molecular flexibility index (Phi) is 3.70. The molecular weight excluding hydrogens is 341 g/mol. The zero-order valence-corrected chi connectivity index (χ0v) is 11.4. The Bertz CT molecular complexity index is 499. The van der Waals surface area contributed by atoms with Crippen LogP contribution in [0.15, 0.2) is 28.9 Å². The first kappa shape index (κ1) is 11.7. The molecular formula is C10H8Br2FN3. The van der Waals surface area contributed by atoms with Gasteiger partial charge in [0.2, 0.25) is 0 Å². The highest BCUT2D eigenvalue weighted by atomic mass is 79.9. The number of aromatic nitrogens is 3. The van der Waals surface area contributed by atoms with E-state index in [2.05, 4.69) is 42.2 Å². The topological polar surface area (TPSA) is 30.7 Å². The molecule has 6 heteroatoms. The minimum absolute atomic E-state index is 0.281. The van der Waals surface area contributed by atoms with Crippen molar-refractivity contribution in [2.75, 3.05) is 5.33 Å². The normalized spacial score (nSPS) is 10.7. The molecule has 3 nitrogen and oxygen atoms in total. The Hall–Kier alpha value is -0.750. The van der Waals surface area contributed by atoms with Gasteiger partial charge in [-0.15, -0.1) is 5.10 Å². The molecule has 0 aliphatic heterocycles. The lowest BCUT2D eigenvalue weighted by Crippen LogP contribution is -1.96. The molecule has 0 amide bonds. The summed E-state index contributed by atoms with van der Waals surface area (Å²) in [6, 6.07) is 4.46. The highest BCUT2D eigenvalue weighted by Crippen LogP contribution is 2.21. The molecule has 0 aliphatic carbocycles. The number of hydrogen-bond donors (Lipinski definition) is 0. The molecule has 0 saturated heterocycles. The molecule has 1 aromatic carbocycles. The molecule has 0 N–H and O–H groups in total. The molecule has 0 saturated carbocycles. The molecule has 2 aromatic rings. The largest absolute Gasteiger partial charge is 0.219 e. The minimum atomic E-state index is -0.281. The molecule has 0 aliphatic rings. The average molecular weight is 349 g/mol. The van der Waals surface area contributed by atoms with Crippen molar-refractivity contribution < 1.29 is 4.39 Å². The van der Waals surface area contributed by atoms with E-state index in [9.17, 15) is 4.39 Å². The second kappa shape index (κ2) is 5.05. The summed E-state index contributed by atoms with van der Waals surface area (Å²) in [5.74, 6) is -0.281. The van der Waals surface area contributed by atoms with E-state index in [-0.39, 0.29) is 5.82 Å². The third kappa shape index (κ3) is 2.49. The Balaban J connectivity index is 2.35. The quantitative estimate of drug-likeness (QED) is 0.798. The van der Waals surface area contributed by atoms with Crippen molar-refractivity contribution >= 4 is 31.9 Å².